The van der Waals surface area contributed by atoms with E-state index in [0.717, 1.165) is 30.7 Å². The van der Waals surface area contributed by atoms with Crippen LogP contribution in [-0.2, 0) is 4.79 Å². The molecule has 3 rings (SSSR count). The lowest BCUT2D eigenvalue weighted by atomic mass is 9.94. The molecule has 5 heteroatoms. The molecule has 0 aliphatic carbocycles. The van der Waals surface area contributed by atoms with Crippen LogP contribution < -0.4 is 5.32 Å². The lowest BCUT2D eigenvalue weighted by Gasteiger charge is -2.32. The Bertz CT molecular complexity index is 715. The summed E-state index contributed by atoms with van der Waals surface area (Å²) in [5, 5.41) is 5.03. The summed E-state index contributed by atoms with van der Waals surface area (Å²) in [6, 6.07) is 14.0. The van der Waals surface area contributed by atoms with Crippen molar-refractivity contribution >= 4 is 23.2 Å². The van der Waals surface area contributed by atoms with E-state index in [0.29, 0.717) is 19.0 Å². The van der Waals surface area contributed by atoms with Crippen molar-refractivity contribution in [3.8, 4) is 0 Å². The molecule has 138 valence electrons. The number of nitrogens with one attached hydrogen (secondary N) is 1. The van der Waals surface area contributed by atoms with Crippen LogP contribution in [-0.4, -0.2) is 36.3 Å². The topological polar surface area (TPSA) is 49.4 Å². The third kappa shape index (κ3) is 4.52. The van der Waals surface area contributed by atoms with Crippen molar-refractivity contribution in [1.29, 1.82) is 0 Å². The number of hydrogen-bond donors (Lipinski definition) is 1. The third-order valence-electron chi connectivity index (χ3n) is 5.10. The predicted octanol–water partition coefficient (Wildman–Crippen LogP) is 3.91. The van der Waals surface area contributed by atoms with Gasteiger partial charge in [-0.25, -0.2) is 0 Å². The van der Waals surface area contributed by atoms with Crippen LogP contribution in [0.3, 0.4) is 0 Å². The van der Waals surface area contributed by atoms with E-state index in [2.05, 4.69) is 24.4 Å². The fourth-order valence-electron chi connectivity index (χ4n) is 3.52. The van der Waals surface area contributed by atoms with Crippen molar-refractivity contribution in [2.75, 3.05) is 19.6 Å². The van der Waals surface area contributed by atoms with Gasteiger partial charge in [0, 0.05) is 25.6 Å². The minimum Gasteiger partial charge on any atom is -0.355 e. The van der Waals surface area contributed by atoms with E-state index in [4.69, 9.17) is 0 Å². The van der Waals surface area contributed by atoms with Crippen molar-refractivity contribution in [3.63, 3.8) is 0 Å². The molecule has 2 atom stereocenters. The molecule has 1 fully saturated rings. The molecule has 4 nitrogen and oxygen atoms in total. The van der Waals surface area contributed by atoms with E-state index in [1.54, 1.807) is 0 Å². The summed E-state index contributed by atoms with van der Waals surface area (Å²) >= 11 is 1.46. The first kappa shape index (κ1) is 18.6. The Labute approximate surface area is 159 Å². The Morgan fingerprint density at radius 2 is 2.04 bits per heavy atom. The van der Waals surface area contributed by atoms with Gasteiger partial charge < -0.3 is 10.2 Å². The predicted molar refractivity (Wildman–Crippen MR) is 105 cm³/mol. The summed E-state index contributed by atoms with van der Waals surface area (Å²) in [5.74, 6) is 0.338. The fourth-order valence-corrected chi connectivity index (χ4v) is 4.21. The molecule has 2 heterocycles. The Hall–Kier alpha value is -2.14. The Kier molecular flexibility index (Phi) is 6.45. The Morgan fingerprint density at radius 3 is 2.73 bits per heavy atom. The van der Waals surface area contributed by atoms with Gasteiger partial charge in [-0.2, -0.15) is 0 Å². The highest BCUT2D eigenvalue weighted by Gasteiger charge is 2.29. The van der Waals surface area contributed by atoms with Gasteiger partial charge in [0.2, 0.25) is 5.91 Å². The minimum atomic E-state index is -0.110. The molecule has 2 amide bonds. The highest BCUT2D eigenvalue weighted by atomic mass is 32.1. The van der Waals surface area contributed by atoms with Gasteiger partial charge in [-0.3, -0.25) is 9.59 Å². The van der Waals surface area contributed by atoms with Gasteiger partial charge in [-0.15, -0.1) is 11.3 Å². The number of carbonyl (C=O) groups excluding carboxylic acids is 2. The number of carbonyl (C=O) groups is 2. The van der Waals surface area contributed by atoms with Crippen molar-refractivity contribution in [2.24, 2.45) is 5.92 Å². The molecule has 26 heavy (non-hydrogen) atoms. The number of likely N-dealkylation sites (tertiary alicyclic amines) is 1. The first-order valence-corrected chi connectivity index (χ1v) is 10.2. The van der Waals surface area contributed by atoms with Crippen LogP contribution in [0.2, 0.25) is 0 Å². The van der Waals surface area contributed by atoms with E-state index in [9.17, 15) is 9.59 Å². The SMILES string of the molecule is CC[C@@H](CNC(=O)[C@@H]1CCCN(C(=O)c2cccs2)C1)c1ccccc1. The summed E-state index contributed by atoms with van der Waals surface area (Å²) in [6.45, 7) is 4.05. The van der Waals surface area contributed by atoms with Crippen LogP contribution in [0, 0.1) is 5.92 Å². The highest BCUT2D eigenvalue weighted by Crippen LogP contribution is 2.22. The van der Waals surface area contributed by atoms with Crippen molar-refractivity contribution in [2.45, 2.75) is 32.1 Å². The van der Waals surface area contributed by atoms with Crippen LogP contribution in [0.25, 0.3) is 0 Å². The lowest BCUT2D eigenvalue weighted by molar-refractivity contribution is -0.126. The monoisotopic (exact) mass is 370 g/mol. The summed E-state index contributed by atoms with van der Waals surface area (Å²) in [6.07, 6.45) is 2.71. The molecule has 1 aliphatic rings. The number of nitrogens with zero attached hydrogens (tertiary/aromatic N) is 1. The number of benzene rings is 1. The second-order valence-corrected chi connectivity index (χ2v) is 7.78. The molecule has 1 aromatic carbocycles. The maximum Gasteiger partial charge on any atom is 0.263 e. The molecular weight excluding hydrogens is 344 g/mol. The first-order chi connectivity index (χ1) is 12.7. The largest absolute Gasteiger partial charge is 0.355 e. The van der Waals surface area contributed by atoms with Crippen LogP contribution in [0.1, 0.15) is 47.3 Å². The van der Waals surface area contributed by atoms with Gasteiger partial charge in [0.15, 0.2) is 0 Å². The number of amides is 2. The van der Waals surface area contributed by atoms with E-state index in [-0.39, 0.29) is 17.7 Å². The molecular formula is C21H26N2O2S. The number of piperidine rings is 1. The lowest BCUT2D eigenvalue weighted by Crippen LogP contribution is -2.45. The second kappa shape index (κ2) is 8.99. The van der Waals surface area contributed by atoms with Gasteiger partial charge in [-0.1, -0.05) is 43.3 Å². The van der Waals surface area contributed by atoms with Gasteiger partial charge in [-0.05, 0) is 36.3 Å². The van der Waals surface area contributed by atoms with Crippen molar-refractivity contribution < 1.29 is 9.59 Å². The summed E-state index contributed by atoms with van der Waals surface area (Å²) in [7, 11) is 0. The fraction of sp³-hybridized carbons (Fsp3) is 0.429. The van der Waals surface area contributed by atoms with Crippen LogP contribution in [0.4, 0.5) is 0 Å². The minimum absolute atomic E-state index is 0.0493. The third-order valence-corrected chi connectivity index (χ3v) is 5.96. The van der Waals surface area contributed by atoms with Crippen molar-refractivity contribution in [3.05, 3.63) is 58.3 Å². The zero-order valence-electron chi connectivity index (χ0n) is 15.2. The zero-order valence-corrected chi connectivity index (χ0v) is 16.0. The van der Waals surface area contributed by atoms with Crippen molar-refractivity contribution in [1.82, 2.24) is 10.2 Å². The summed E-state index contributed by atoms with van der Waals surface area (Å²) in [5.41, 5.74) is 1.26. The second-order valence-electron chi connectivity index (χ2n) is 6.83. The Morgan fingerprint density at radius 1 is 1.23 bits per heavy atom. The van der Waals surface area contributed by atoms with E-state index in [1.807, 2.05) is 40.6 Å². The molecule has 0 bridgehead atoms. The summed E-state index contributed by atoms with van der Waals surface area (Å²) in [4.78, 5) is 27.8. The van der Waals surface area contributed by atoms with Gasteiger partial charge in [0.25, 0.3) is 5.91 Å². The quantitative estimate of drug-likeness (QED) is 0.838. The Balaban J connectivity index is 1.55. The highest BCUT2D eigenvalue weighted by molar-refractivity contribution is 7.12. The van der Waals surface area contributed by atoms with E-state index >= 15 is 0 Å². The van der Waals surface area contributed by atoms with E-state index < -0.39 is 0 Å². The standard InChI is InChI=1S/C21H26N2O2S/c1-2-16(17-8-4-3-5-9-17)14-22-20(24)18-10-6-12-23(15-18)21(25)19-11-7-13-26-19/h3-5,7-9,11,13,16,18H,2,6,10,12,14-15H2,1H3,(H,22,24)/t16-,18+/m0/s1. The number of rotatable bonds is 6. The number of hydrogen-bond acceptors (Lipinski definition) is 3. The molecule has 1 aromatic heterocycles. The maximum atomic E-state index is 12.7. The molecule has 0 saturated carbocycles. The molecule has 1 saturated heterocycles. The van der Waals surface area contributed by atoms with Crippen LogP contribution >= 0.6 is 11.3 Å². The van der Waals surface area contributed by atoms with E-state index in [1.165, 1.54) is 16.9 Å². The molecule has 1 aliphatic heterocycles. The van der Waals surface area contributed by atoms with Crippen LogP contribution in [0.5, 0.6) is 0 Å². The average Bonchev–Trinajstić information content (AvgIpc) is 3.23. The van der Waals surface area contributed by atoms with Gasteiger partial charge in [0.1, 0.15) is 0 Å². The average molecular weight is 371 g/mol. The van der Waals surface area contributed by atoms with Crippen LogP contribution in [0.15, 0.2) is 47.8 Å². The van der Waals surface area contributed by atoms with Gasteiger partial charge in [0.05, 0.1) is 10.8 Å². The normalized spacial score (nSPS) is 18.3. The zero-order chi connectivity index (χ0) is 18.4. The molecule has 1 N–H and O–H groups in total. The molecule has 2 aromatic rings. The first-order valence-electron chi connectivity index (χ1n) is 9.34. The molecule has 0 spiro atoms. The summed E-state index contributed by atoms with van der Waals surface area (Å²) < 4.78 is 0. The molecule has 0 unspecified atom stereocenters. The maximum absolute atomic E-state index is 12.7. The number of thiophene rings is 1. The molecule has 0 radical (unpaired) electrons. The van der Waals surface area contributed by atoms with Gasteiger partial charge >= 0.3 is 0 Å². The smallest absolute Gasteiger partial charge is 0.263 e.